The largest absolute Gasteiger partial charge is 0.452 e. The van der Waals surface area contributed by atoms with E-state index in [0.717, 1.165) is 29.8 Å². The van der Waals surface area contributed by atoms with Crippen molar-refractivity contribution >= 4 is 17.6 Å². The molecule has 0 saturated heterocycles. The summed E-state index contributed by atoms with van der Waals surface area (Å²) in [4.78, 5) is 24.2. The first-order chi connectivity index (χ1) is 11.5. The summed E-state index contributed by atoms with van der Waals surface area (Å²) in [6.45, 7) is 5.58. The van der Waals surface area contributed by atoms with Crippen LogP contribution < -0.4 is 5.32 Å². The highest BCUT2D eigenvalue weighted by Crippen LogP contribution is 2.38. The molecule has 1 saturated carbocycles. The van der Waals surface area contributed by atoms with Gasteiger partial charge in [0.2, 0.25) is 0 Å². The fourth-order valence-corrected chi connectivity index (χ4v) is 3.01. The second-order valence-electron chi connectivity index (χ2n) is 6.38. The number of rotatable bonds is 5. The lowest BCUT2D eigenvalue weighted by Gasteiger charge is -2.09. The predicted molar refractivity (Wildman–Crippen MR) is 92.3 cm³/mol. The fourth-order valence-electron chi connectivity index (χ4n) is 3.01. The van der Waals surface area contributed by atoms with Crippen LogP contribution in [0, 0.1) is 20.8 Å². The number of benzene rings is 1. The predicted octanol–water partition coefficient (Wildman–Crippen LogP) is 3.54. The lowest BCUT2D eigenvalue weighted by Crippen LogP contribution is -2.21. The summed E-state index contributed by atoms with van der Waals surface area (Å²) in [5, 5.41) is 2.73. The van der Waals surface area contributed by atoms with Crippen LogP contribution in [-0.2, 0) is 9.53 Å². The van der Waals surface area contributed by atoms with Gasteiger partial charge in [-0.3, -0.25) is 4.79 Å². The van der Waals surface area contributed by atoms with Crippen LogP contribution in [0.4, 0.5) is 5.69 Å². The van der Waals surface area contributed by atoms with Crippen molar-refractivity contribution in [2.75, 3.05) is 11.9 Å². The smallest absolute Gasteiger partial charge is 0.340 e. The molecule has 1 aliphatic carbocycles. The van der Waals surface area contributed by atoms with Crippen LogP contribution in [-0.4, -0.2) is 23.1 Å². The standard InChI is InChI=1S/C19H22N2O3/c1-12-5-4-6-15(9-12)20-18(22)11-24-19(23)17-10-13(2)21(14(17)3)16-7-8-16/h4-6,9-10,16H,7-8,11H2,1-3H3,(H,20,22). The molecule has 0 unspecified atom stereocenters. The van der Waals surface area contributed by atoms with Crippen LogP contribution in [0.25, 0.3) is 0 Å². The topological polar surface area (TPSA) is 60.3 Å². The molecule has 1 N–H and O–H groups in total. The van der Waals surface area contributed by atoms with Gasteiger partial charge >= 0.3 is 5.97 Å². The van der Waals surface area contributed by atoms with Crippen molar-refractivity contribution in [3.63, 3.8) is 0 Å². The van der Waals surface area contributed by atoms with Gasteiger partial charge in [0.25, 0.3) is 5.91 Å². The normalized spacial score (nSPS) is 13.6. The summed E-state index contributed by atoms with van der Waals surface area (Å²) in [6.07, 6.45) is 2.31. The molecule has 0 spiro atoms. The van der Waals surface area contributed by atoms with Crippen molar-refractivity contribution in [2.45, 2.75) is 39.7 Å². The van der Waals surface area contributed by atoms with Crippen LogP contribution in [0.1, 0.15) is 46.2 Å². The molecular weight excluding hydrogens is 304 g/mol. The highest BCUT2D eigenvalue weighted by Gasteiger charge is 2.28. The molecule has 0 atom stereocenters. The van der Waals surface area contributed by atoms with E-state index in [1.807, 2.05) is 45.0 Å². The maximum absolute atomic E-state index is 12.3. The number of ether oxygens (including phenoxy) is 1. The molecule has 1 aromatic carbocycles. The van der Waals surface area contributed by atoms with E-state index < -0.39 is 5.97 Å². The Morgan fingerprint density at radius 3 is 2.62 bits per heavy atom. The number of aryl methyl sites for hydroxylation is 2. The minimum absolute atomic E-state index is 0.292. The Hall–Kier alpha value is -2.56. The number of hydrogen-bond acceptors (Lipinski definition) is 3. The molecule has 1 aromatic heterocycles. The number of nitrogens with one attached hydrogen (secondary N) is 1. The number of carbonyl (C=O) groups excluding carboxylic acids is 2. The number of nitrogens with zero attached hydrogens (tertiary/aromatic N) is 1. The highest BCUT2D eigenvalue weighted by atomic mass is 16.5. The second kappa shape index (κ2) is 6.51. The third-order valence-electron chi connectivity index (χ3n) is 4.25. The Kier molecular flexibility index (Phi) is 4.42. The van der Waals surface area contributed by atoms with E-state index in [1.54, 1.807) is 6.07 Å². The Balaban J connectivity index is 1.59. The Labute approximate surface area is 141 Å². The molecule has 1 amide bonds. The van der Waals surface area contributed by atoms with E-state index >= 15 is 0 Å². The summed E-state index contributed by atoms with van der Waals surface area (Å²) in [5.41, 5.74) is 4.27. The summed E-state index contributed by atoms with van der Waals surface area (Å²) in [7, 11) is 0. The van der Waals surface area contributed by atoms with Crippen molar-refractivity contribution in [1.29, 1.82) is 0 Å². The molecule has 1 aliphatic rings. The van der Waals surface area contributed by atoms with Crippen LogP contribution in [0.5, 0.6) is 0 Å². The molecule has 1 fully saturated rings. The Bertz CT molecular complexity index is 788. The van der Waals surface area contributed by atoms with Gasteiger partial charge in [-0.15, -0.1) is 0 Å². The summed E-state index contributed by atoms with van der Waals surface area (Å²) in [5.74, 6) is -0.792. The van der Waals surface area contributed by atoms with Crippen LogP contribution >= 0.6 is 0 Å². The van der Waals surface area contributed by atoms with E-state index in [9.17, 15) is 9.59 Å². The lowest BCUT2D eigenvalue weighted by molar-refractivity contribution is -0.119. The third-order valence-corrected chi connectivity index (χ3v) is 4.25. The number of esters is 1. The number of hydrogen-bond donors (Lipinski definition) is 1. The maximum Gasteiger partial charge on any atom is 0.340 e. The van der Waals surface area contributed by atoms with Gasteiger partial charge < -0.3 is 14.6 Å². The average Bonchev–Trinajstić information content (AvgIpc) is 3.30. The van der Waals surface area contributed by atoms with Crippen molar-refractivity contribution in [3.8, 4) is 0 Å². The van der Waals surface area contributed by atoms with Gasteiger partial charge in [0.1, 0.15) is 0 Å². The highest BCUT2D eigenvalue weighted by molar-refractivity contribution is 5.96. The average molecular weight is 326 g/mol. The SMILES string of the molecule is Cc1cccc(NC(=O)COC(=O)c2cc(C)n(C3CC3)c2C)c1. The van der Waals surface area contributed by atoms with Crippen molar-refractivity contribution in [1.82, 2.24) is 4.57 Å². The number of aromatic nitrogens is 1. The van der Waals surface area contributed by atoms with E-state index in [2.05, 4.69) is 9.88 Å². The number of anilines is 1. The Morgan fingerprint density at radius 2 is 1.96 bits per heavy atom. The minimum atomic E-state index is -0.450. The maximum atomic E-state index is 12.3. The van der Waals surface area contributed by atoms with Crippen LogP contribution in [0.15, 0.2) is 30.3 Å². The van der Waals surface area contributed by atoms with Gasteiger partial charge in [0, 0.05) is 23.1 Å². The second-order valence-corrected chi connectivity index (χ2v) is 6.38. The molecule has 0 bridgehead atoms. The molecule has 5 heteroatoms. The zero-order chi connectivity index (χ0) is 17.3. The quantitative estimate of drug-likeness (QED) is 0.855. The van der Waals surface area contributed by atoms with Crippen molar-refractivity contribution < 1.29 is 14.3 Å². The summed E-state index contributed by atoms with van der Waals surface area (Å²) in [6, 6.07) is 9.83. The Morgan fingerprint density at radius 1 is 1.21 bits per heavy atom. The van der Waals surface area contributed by atoms with E-state index in [4.69, 9.17) is 4.74 Å². The molecule has 0 radical (unpaired) electrons. The summed E-state index contributed by atoms with van der Waals surface area (Å²) >= 11 is 0. The van der Waals surface area contributed by atoms with Gasteiger partial charge in [-0.05, 0) is 57.4 Å². The molecule has 1 heterocycles. The number of carbonyl (C=O) groups is 2. The molecular formula is C19H22N2O3. The van der Waals surface area contributed by atoms with Gasteiger partial charge in [0.05, 0.1) is 5.56 Å². The molecule has 2 aromatic rings. The molecule has 24 heavy (non-hydrogen) atoms. The molecule has 126 valence electrons. The zero-order valence-corrected chi connectivity index (χ0v) is 14.3. The van der Waals surface area contributed by atoms with Crippen LogP contribution in [0.3, 0.4) is 0 Å². The van der Waals surface area contributed by atoms with Gasteiger partial charge in [0.15, 0.2) is 6.61 Å². The first kappa shape index (κ1) is 16.3. The van der Waals surface area contributed by atoms with Crippen molar-refractivity contribution in [2.24, 2.45) is 0 Å². The van der Waals surface area contributed by atoms with Gasteiger partial charge in [-0.1, -0.05) is 12.1 Å². The monoisotopic (exact) mass is 326 g/mol. The first-order valence-electron chi connectivity index (χ1n) is 8.18. The molecule has 5 nitrogen and oxygen atoms in total. The van der Waals surface area contributed by atoms with E-state index in [1.165, 1.54) is 0 Å². The first-order valence-corrected chi connectivity index (χ1v) is 8.18. The molecule has 0 aliphatic heterocycles. The molecule has 3 rings (SSSR count). The lowest BCUT2D eigenvalue weighted by atomic mass is 10.2. The fraction of sp³-hybridized carbons (Fsp3) is 0.368. The van der Waals surface area contributed by atoms with E-state index in [0.29, 0.717) is 17.3 Å². The zero-order valence-electron chi connectivity index (χ0n) is 14.3. The van der Waals surface area contributed by atoms with Gasteiger partial charge in [-0.2, -0.15) is 0 Å². The minimum Gasteiger partial charge on any atom is -0.452 e. The van der Waals surface area contributed by atoms with Crippen molar-refractivity contribution in [3.05, 3.63) is 52.8 Å². The number of amides is 1. The van der Waals surface area contributed by atoms with Gasteiger partial charge in [-0.25, -0.2) is 4.79 Å². The van der Waals surface area contributed by atoms with Crippen LogP contribution in [0.2, 0.25) is 0 Å². The third kappa shape index (κ3) is 3.50. The van der Waals surface area contributed by atoms with E-state index in [-0.39, 0.29) is 12.5 Å². The summed E-state index contributed by atoms with van der Waals surface area (Å²) < 4.78 is 7.36.